The second-order valence-corrected chi connectivity index (χ2v) is 7.25. The number of hydrogen-bond acceptors (Lipinski definition) is 2. The normalized spacial score (nSPS) is 12.0. The lowest BCUT2D eigenvalue weighted by molar-refractivity contribution is 0.454. The molecule has 0 atom stereocenters. The van der Waals surface area contributed by atoms with E-state index in [0.29, 0.717) is 21.8 Å². The van der Waals surface area contributed by atoms with Gasteiger partial charge in [0, 0.05) is 23.9 Å². The first-order valence-corrected chi connectivity index (χ1v) is 8.53. The van der Waals surface area contributed by atoms with Crippen LogP contribution in [0.15, 0.2) is 33.6 Å². The van der Waals surface area contributed by atoms with Crippen LogP contribution in [0.1, 0.15) is 19.3 Å². The molecule has 102 valence electrons. The Kier molecular flexibility index (Phi) is 6.63. The van der Waals surface area contributed by atoms with Crippen molar-refractivity contribution in [1.29, 1.82) is 0 Å². The molecule has 3 nitrogen and oxygen atoms in total. The number of rotatable bonds is 7. The molecule has 0 unspecified atom stereocenters. The van der Waals surface area contributed by atoms with Crippen LogP contribution < -0.4 is 0 Å². The highest BCUT2D eigenvalue weighted by molar-refractivity contribution is 9.10. The molecular formula is C12H17BrClNO2S. The summed E-state index contributed by atoms with van der Waals surface area (Å²) in [6, 6.07) is 6.85. The third kappa shape index (κ3) is 4.23. The third-order valence-electron chi connectivity index (χ3n) is 2.63. The Balaban J connectivity index is 2.72. The third-order valence-corrected chi connectivity index (χ3v) is 5.77. The monoisotopic (exact) mass is 353 g/mol. The maximum Gasteiger partial charge on any atom is 0.243 e. The van der Waals surface area contributed by atoms with Crippen LogP contribution in [-0.4, -0.2) is 32.2 Å². The molecule has 0 spiro atoms. The Labute approximate surface area is 122 Å². The molecule has 0 bridgehead atoms. The van der Waals surface area contributed by atoms with Gasteiger partial charge in [0.05, 0.1) is 4.90 Å². The number of benzene rings is 1. The fourth-order valence-corrected chi connectivity index (χ4v) is 3.91. The first kappa shape index (κ1) is 16.0. The predicted octanol–water partition coefficient (Wildman–Crippen LogP) is 3.48. The van der Waals surface area contributed by atoms with E-state index in [-0.39, 0.29) is 0 Å². The van der Waals surface area contributed by atoms with Crippen molar-refractivity contribution in [3.63, 3.8) is 0 Å². The maximum atomic E-state index is 12.3. The molecule has 0 aliphatic rings. The van der Waals surface area contributed by atoms with Crippen molar-refractivity contribution in [1.82, 2.24) is 4.31 Å². The van der Waals surface area contributed by atoms with Crippen molar-refractivity contribution in [2.24, 2.45) is 0 Å². The van der Waals surface area contributed by atoms with Gasteiger partial charge in [0.1, 0.15) is 0 Å². The predicted molar refractivity (Wildman–Crippen MR) is 78.5 cm³/mol. The number of halogens is 2. The lowest BCUT2D eigenvalue weighted by Gasteiger charge is -2.17. The summed E-state index contributed by atoms with van der Waals surface area (Å²) in [4.78, 5) is 0.310. The number of nitrogens with zero attached hydrogens (tertiary/aromatic N) is 1. The summed E-state index contributed by atoms with van der Waals surface area (Å²) >= 11 is 8.86. The van der Waals surface area contributed by atoms with Crippen molar-refractivity contribution in [2.45, 2.75) is 24.2 Å². The SMILES string of the molecule is CN(CCCCCCl)S(=O)(=O)c1ccccc1Br. The topological polar surface area (TPSA) is 37.4 Å². The zero-order valence-electron chi connectivity index (χ0n) is 10.3. The highest BCUT2D eigenvalue weighted by Gasteiger charge is 2.22. The van der Waals surface area contributed by atoms with E-state index in [1.54, 1.807) is 31.3 Å². The molecule has 0 N–H and O–H groups in total. The van der Waals surface area contributed by atoms with Gasteiger partial charge in [0.25, 0.3) is 0 Å². The fourth-order valence-electron chi connectivity index (χ4n) is 1.55. The highest BCUT2D eigenvalue weighted by Crippen LogP contribution is 2.24. The number of sulfonamides is 1. The van der Waals surface area contributed by atoms with Gasteiger partial charge in [-0.1, -0.05) is 18.6 Å². The van der Waals surface area contributed by atoms with E-state index in [1.807, 2.05) is 0 Å². The quantitative estimate of drug-likeness (QED) is 0.555. The Hall–Kier alpha value is -0.100. The van der Waals surface area contributed by atoms with Crippen LogP contribution >= 0.6 is 27.5 Å². The molecule has 18 heavy (non-hydrogen) atoms. The Morgan fingerprint density at radius 2 is 1.89 bits per heavy atom. The molecule has 0 radical (unpaired) electrons. The van der Waals surface area contributed by atoms with Gasteiger partial charge in [0.2, 0.25) is 10.0 Å². The highest BCUT2D eigenvalue weighted by atomic mass is 79.9. The minimum Gasteiger partial charge on any atom is -0.207 e. The average Bonchev–Trinajstić information content (AvgIpc) is 2.34. The lowest BCUT2D eigenvalue weighted by Crippen LogP contribution is -2.28. The molecule has 0 fully saturated rings. The molecule has 0 saturated heterocycles. The number of alkyl halides is 1. The molecule has 0 aliphatic carbocycles. The Morgan fingerprint density at radius 1 is 1.22 bits per heavy atom. The van der Waals surface area contributed by atoms with Crippen LogP contribution in [0, 0.1) is 0 Å². The van der Waals surface area contributed by atoms with Gasteiger partial charge in [-0.25, -0.2) is 12.7 Å². The average molecular weight is 355 g/mol. The number of hydrogen-bond donors (Lipinski definition) is 0. The van der Waals surface area contributed by atoms with Gasteiger partial charge in [0.15, 0.2) is 0 Å². The molecule has 0 aliphatic heterocycles. The van der Waals surface area contributed by atoms with Gasteiger partial charge < -0.3 is 0 Å². The van der Waals surface area contributed by atoms with Crippen LogP contribution in [0.4, 0.5) is 0 Å². The first-order chi connectivity index (χ1) is 8.50. The molecule has 1 rings (SSSR count). The van der Waals surface area contributed by atoms with Gasteiger partial charge in [-0.2, -0.15) is 0 Å². The zero-order valence-corrected chi connectivity index (χ0v) is 13.4. The first-order valence-electron chi connectivity index (χ1n) is 5.77. The largest absolute Gasteiger partial charge is 0.243 e. The molecule has 0 saturated carbocycles. The number of unbranched alkanes of at least 4 members (excludes halogenated alkanes) is 2. The van der Waals surface area contributed by atoms with E-state index in [9.17, 15) is 8.42 Å². The molecule has 0 heterocycles. The standard InChI is InChI=1S/C12H17BrClNO2S/c1-15(10-6-2-5-9-14)18(16,17)12-8-4-3-7-11(12)13/h3-4,7-8H,2,5-6,9-10H2,1H3. The van der Waals surface area contributed by atoms with Crippen LogP contribution in [0.2, 0.25) is 0 Å². The van der Waals surface area contributed by atoms with E-state index >= 15 is 0 Å². The van der Waals surface area contributed by atoms with Crippen molar-refractivity contribution in [3.8, 4) is 0 Å². The van der Waals surface area contributed by atoms with Gasteiger partial charge in [-0.15, -0.1) is 11.6 Å². The molecular weight excluding hydrogens is 338 g/mol. The maximum absolute atomic E-state index is 12.3. The molecule has 1 aromatic rings. The van der Waals surface area contributed by atoms with Crippen LogP contribution in [0.25, 0.3) is 0 Å². The smallest absolute Gasteiger partial charge is 0.207 e. The van der Waals surface area contributed by atoms with Crippen molar-refractivity contribution in [3.05, 3.63) is 28.7 Å². The molecule has 6 heteroatoms. The molecule has 1 aromatic carbocycles. The summed E-state index contributed by atoms with van der Waals surface area (Å²) < 4.78 is 26.6. The molecule has 0 aromatic heterocycles. The van der Waals surface area contributed by atoms with E-state index in [0.717, 1.165) is 19.3 Å². The van der Waals surface area contributed by atoms with Crippen LogP contribution in [0.3, 0.4) is 0 Å². The van der Waals surface area contributed by atoms with Crippen molar-refractivity contribution >= 4 is 37.6 Å². The fraction of sp³-hybridized carbons (Fsp3) is 0.500. The van der Waals surface area contributed by atoms with E-state index in [4.69, 9.17) is 11.6 Å². The van der Waals surface area contributed by atoms with E-state index < -0.39 is 10.0 Å². The summed E-state index contributed by atoms with van der Waals surface area (Å²) in [7, 11) is -1.80. The van der Waals surface area contributed by atoms with Crippen LogP contribution in [-0.2, 0) is 10.0 Å². The minimum atomic E-state index is -3.40. The Morgan fingerprint density at radius 3 is 2.50 bits per heavy atom. The van der Waals surface area contributed by atoms with Crippen LogP contribution in [0.5, 0.6) is 0 Å². The van der Waals surface area contributed by atoms with Crippen molar-refractivity contribution in [2.75, 3.05) is 19.5 Å². The molecule has 0 amide bonds. The van der Waals surface area contributed by atoms with E-state index in [2.05, 4.69) is 15.9 Å². The van der Waals surface area contributed by atoms with Gasteiger partial charge in [-0.3, -0.25) is 0 Å². The van der Waals surface area contributed by atoms with E-state index in [1.165, 1.54) is 4.31 Å². The van der Waals surface area contributed by atoms with Gasteiger partial charge in [-0.05, 0) is 40.9 Å². The second kappa shape index (κ2) is 7.48. The zero-order chi connectivity index (χ0) is 13.6. The summed E-state index contributed by atoms with van der Waals surface area (Å²) in [6.07, 6.45) is 2.69. The summed E-state index contributed by atoms with van der Waals surface area (Å²) in [5.74, 6) is 0.626. The minimum absolute atomic E-state index is 0.310. The van der Waals surface area contributed by atoms with Gasteiger partial charge >= 0.3 is 0 Å². The summed E-state index contributed by atoms with van der Waals surface area (Å²) in [5.41, 5.74) is 0. The Bertz CT molecular complexity index is 479. The summed E-state index contributed by atoms with van der Waals surface area (Å²) in [6.45, 7) is 0.514. The second-order valence-electron chi connectivity index (χ2n) is 4.01. The lowest BCUT2D eigenvalue weighted by atomic mass is 10.2. The van der Waals surface area contributed by atoms with Crippen molar-refractivity contribution < 1.29 is 8.42 Å². The summed E-state index contributed by atoms with van der Waals surface area (Å²) in [5, 5.41) is 0.